The number of rotatable bonds is 3. The van der Waals surface area contributed by atoms with Crippen molar-refractivity contribution in [3.63, 3.8) is 0 Å². The molecule has 0 aromatic carbocycles. The molecule has 0 aliphatic heterocycles. The summed E-state index contributed by atoms with van der Waals surface area (Å²) in [5, 5.41) is 15.0. The summed E-state index contributed by atoms with van der Waals surface area (Å²) in [5.74, 6) is 0.229. The van der Waals surface area contributed by atoms with Gasteiger partial charge in [0.1, 0.15) is 11.6 Å². The number of nitrogens with zero attached hydrogens (tertiary/aromatic N) is 2. The first kappa shape index (κ1) is 8.56. The van der Waals surface area contributed by atoms with Crippen LogP contribution in [-0.2, 0) is 11.3 Å². The minimum atomic E-state index is 0.229. The monoisotopic (exact) mass is 166 g/mol. The maximum absolute atomic E-state index is 8.64. The Bertz CT molecular complexity index is 299. The molecule has 1 aromatic rings. The molecule has 1 heterocycles. The van der Waals surface area contributed by atoms with Crippen molar-refractivity contribution in [1.82, 2.24) is 10.2 Å². The van der Waals surface area contributed by atoms with Gasteiger partial charge in [0.15, 0.2) is 5.82 Å². The highest BCUT2D eigenvalue weighted by atomic mass is 16.5. The predicted octanol–water partition coefficient (Wildman–Crippen LogP) is 0.400. The molecule has 0 fully saturated rings. The van der Waals surface area contributed by atoms with Crippen LogP contribution in [0.1, 0.15) is 18.2 Å². The molecule has 0 radical (unpaired) electrons. The summed E-state index contributed by atoms with van der Waals surface area (Å²) in [6, 6.07) is 1.95. The average molecular weight is 166 g/mol. The quantitative estimate of drug-likeness (QED) is 0.680. The number of hydrogen-bond acceptors (Lipinski definition) is 4. The summed E-state index contributed by atoms with van der Waals surface area (Å²) in [5.41, 5.74) is 6.42. The second-order valence-electron chi connectivity index (χ2n) is 2.21. The van der Waals surface area contributed by atoms with Crippen LogP contribution < -0.4 is 5.73 Å². The van der Waals surface area contributed by atoms with Gasteiger partial charge in [-0.25, -0.2) is 0 Å². The van der Waals surface area contributed by atoms with Crippen molar-refractivity contribution in [2.75, 3.05) is 12.3 Å². The zero-order valence-corrected chi connectivity index (χ0v) is 6.79. The van der Waals surface area contributed by atoms with Crippen LogP contribution in [0.15, 0.2) is 0 Å². The molecule has 1 rings (SSSR count). The smallest absolute Gasteiger partial charge is 0.163 e. The Morgan fingerprint density at radius 2 is 2.50 bits per heavy atom. The number of nitriles is 1. The van der Waals surface area contributed by atoms with E-state index in [0.717, 1.165) is 0 Å². The maximum atomic E-state index is 8.64. The first-order valence-corrected chi connectivity index (χ1v) is 3.60. The third-order valence-electron chi connectivity index (χ3n) is 1.43. The highest BCUT2D eigenvalue weighted by Crippen LogP contribution is 2.11. The van der Waals surface area contributed by atoms with Gasteiger partial charge < -0.3 is 10.5 Å². The third-order valence-corrected chi connectivity index (χ3v) is 1.43. The van der Waals surface area contributed by atoms with E-state index in [1.165, 1.54) is 0 Å². The van der Waals surface area contributed by atoms with Gasteiger partial charge >= 0.3 is 0 Å². The van der Waals surface area contributed by atoms with Crippen molar-refractivity contribution in [3.05, 3.63) is 11.3 Å². The van der Waals surface area contributed by atoms with Gasteiger partial charge in [-0.3, -0.25) is 5.10 Å². The van der Waals surface area contributed by atoms with E-state index in [4.69, 9.17) is 15.7 Å². The van der Waals surface area contributed by atoms with Gasteiger partial charge in [-0.2, -0.15) is 10.4 Å². The van der Waals surface area contributed by atoms with Crippen LogP contribution in [0.25, 0.3) is 0 Å². The molecule has 5 nitrogen and oxygen atoms in total. The fourth-order valence-corrected chi connectivity index (χ4v) is 0.827. The molecule has 0 amide bonds. The number of ether oxygens (including phenoxy) is 1. The summed E-state index contributed by atoms with van der Waals surface area (Å²) in [4.78, 5) is 0. The normalized spacial score (nSPS) is 9.67. The van der Waals surface area contributed by atoms with Crippen LogP contribution in [0.5, 0.6) is 0 Å². The lowest BCUT2D eigenvalue weighted by atomic mass is 10.2. The predicted molar refractivity (Wildman–Crippen MR) is 43.0 cm³/mol. The summed E-state index contributed by atoms with van der Waals surface area (Å²) in [6.07, 6.45) is 0. The second kappa shape index (κ2) is 3.74. The van der Waals surface area contributed by atoms with Crippen LogP contribution in [0.2, 0.25) is 0 Å². The fraction of sp³-hybridized carbons (Fsp3) is 0.429. The first-order valence-electron chi connectivity index (χ1n) is 3.60. The van der Waals surface area contributed by atoms with Crippen molar-refractivity contribution in [1.29, 1.82) is 5.26 Å². The highest BCUT2D eigenvalue weighted by Gasteiger charge is 2.08. The highest BCUT2D eigenvalue weighted by molar-refractivity contribution is 5.50. The van der Waals surface area contributed by atoms with Crippen molar-refractivity contribution in [2.24, 2.45) is 0 Å². The summed E-state index contributed by atoms with van der Waals surface area (Å²) >= 11 is 0. The Hall–Kier alpha value is -1.54. The molecule has 0 spiro atoms. The first-order chi connectivity index (χ1) is 5.79. The van der Waals surface area contributed by atoms with E-state index >= 15 is 0 Å². The van der Waals surface area contributed by atoms with Gasteiger partial charge in [0.25, 0.3) is 0 Å². The lowest BCUT2D eigenvalue weighted by molar-refractivity contribution is 0.131. The van der Waals surface area contributed by atoms with E-state index in [2.05, 4.69) is 10.2 Å². The molecule has 0 saturated carbocycles. The molecule has 5 heteroatoms. The van der Waals surface area contributed by atoms with E-state index in [1.807, 2.05) is 13.0 Å². The molecule has 0 bridgehead atoms. The van der Waals surface area contributed by atoms with Crippen molar-refractivity contribution in [3.8, 4) is 6.07 Å². The molecule has 0 saturated heterocycles. The van der Waals surface area contributed by atoms with E-state index in [0.29, 0.717) is 24.5 Å². The van der Waals surface area contributed by atoms with Gasteiger partial charge in [0.05, 0.1) is 12.3 Å². The maximum Gasteiger partial charge on any atom is 0.163 e. The molecule has 0 unspecified atom stereocenters. The Morgan fingerprint density at radius 1 is 1.75 bits per heavy atom. The minimum absolute atomic E-state index is 0.229. The average Bonchev–Trinajstić information content (AvgIpc) is 2.43. The summed E-state index contributed by atoms with van der Waals surface area (Å²) in [7, 11) is 0. The Morgan fingerprint density at radius 3 is 3.08 bits per heavy atom. The van der Waals surface area contributed by atoms with Crippen LogP contribution in [0.3, 0.4) is 0 Å². The Labute approximate surface area is 70.1 Å². The number of nitrogen functional groups attached to an aromatic ring is 1. The molecule has 64 valence electrons. The largest absolute Gasteiger partial charge is 0.381 e. The number of H-pyrrole nitrogens is 1. The zero-order valence-electron chi connectivity index (χ0n) is 6.79. The number of aromatic amines is 1. The Balaban J connectivity index is 2.79. The Kier molecular flexibility index (Phi) is 2.66. The number of aromatic nitrogens is 2. The lowest BCUT2D eigenvalue weighted by Gasteiger charge is -1.96. The third kappa shape index (κ3) is 1.54. The van der Waals surface area contributed by atoms with E-state index in [-0.39, 0.29) is 5.82 Å². The summed E-state index contributed by atoms with van der Waals surface area (Å²) < 4.78 is 5.10. The van der Waals surface area contributed by atoms with Crippen LogP contribution >= 0.6 is 0 Å². The van der Waals surface area contributed by atoms with E-state index in [1.54, 1.807) is 0 Å². The van der Waals surface area contributed by atoms with Crippen LogP contribution in [-0.4, -0.2) is 16.8 Å². The van der Waals surface area contributed by atoms with Gasteiger partial charge in [-0.1, -0.05) is 0 Å². The van der Waals surface area contributed by atoms with E-state index in [9.17, 15) is 0 Å². The fourth-order valence-electron chi connectivity index (χ4n) is 0.827. The minimum Gasteiger partial charge on any atom is -0.381 e. The molecule has 0 atom stereocenters. The molecular formula is C7H10N4O. The molecule has 0 aliphatic rings. The standard InChI is InChI=1S/C7H10N4O/c1-2-12-4-6-5(3-8)7(9)11-10-6/h2,4H2,1H3,(H3,9,10,11). The number of nitrogens with one attached hydrogen (secondary N) is 1. The SMILES string of the molecule is CCOCc1[nH]nc(N)c1C#N. The van der Waals surface area contributed by atoms with Crippen molar-refractivity contribution >= 4 is 5.82 Å². The van der Waals surface area contributed by atoms with Crippen LogP contribution in [0.4, 0.5) is 5.82 Å². The molecule has 12 heavy (non-hydrogen) atoms. The molecule has 0 aliphatic carbocycles. The van der Waals surface area contributed by atoms with E-state index < -0.39 is 0 Å². The topological polar surface area (TPSA) is 87.7 Å². The van der Waals surface area contributed by atoms with Gasteiger partial charge in [-0.15, -0.1) is 0 Å². The van der Waals surface area contributed by atoms with Crippen molar-refractivity contribution in [2.45, 2.75) is 13.5 Å². The second-order valence-corrected chi connectivity index (χ2v) is 2.21. The molecule has 1 aromatic heterocycles. The lowest BCUT2D eigenvalue weighted by Crippen LogP contribution is -1.95. The van der Waals surface area contributed by atoms with Gasteiger partial charge in [0.2, 0.25) is 0 Å². The van der Waals surface area contributed by atoms with Crippen LogP contribution in [0, 0.1) is 11.3 Å². The summed E-state index contributed by atoms with van der Waals surface area (Å²) in [6.45, 7) is 2.83. The number of anilines is 1. The van der Waals surface area contributed by atoms with Crippen molar-refractivity contribution < 1.29 is 4.74 Å². The number of nitrogens with two attached hydrogens (primary N) is 1. The number of hydrogen-bond donors (Lipinski definition) is 2. The molecular weight excluding hydrogens is 156 g/mol. The zero-order chi connectivity index (χ0) is 8.97. The molecule has 3 N–H and O–H groups in total. The van der Waals surface area contributed by atoms with Gasteiger partial charge in [-0.05, 0) is 6.92 Å². The van der Waals surface area contributed by atoms with Gasteiger partial charge in [0, 0.05) is 6.61 Å².